The Kier molecular flexibility index (Phi) is 6.30. The molecule has 0 saturated heterocycles. The van der Waals surface area contributed by atoms with Crippen molar-refractivity contribution in [3.63, 3.8) is 0 Å². The molecule has 0 bridgehead atoms. The fraction of sp³-hybridized carbons (Fsp3) is 0.467. The number of nitrogens with one attached hydrogen (secondary N) is 1. The summed E-state index contributed by atoms with van der Waals surface area (Å²) >= 11 is 0. The lowest BCUT2D eigenvalue weighted by molar-refractivity contribution is -0.143. The van der Waals surface area contributed by atoms with Crippen LogP contribution in [0.5, 0.6) is 0 Å². The summed E-state index contributed by atoms with van der Waals surface area (Å²) in [5, 5.41) is 21.0. The molecule has 0 aliphatic rings. The molecule has 0 spiro atoms. The number of rotatable bonds is 7. The van der Waals surface area contributed by atoms with Gasteiger partial charge in [0, 0.05) is 6.42 Å². The summed E-state index contributed by atoms with van der Waals surface area (Å²) in [5.74, 6) is -2.46. The molecule has 1 aromatic carbocycles. The first-order chi connectivity index (χ1) is 9.81. The number of aliphatic hydroxyl groups is 1. The number of aliphatic carboxylic acids is 1. The predicted octanol–water partition coefficient (Wildman–Crippen LogP) is 1.34. The zero-order chi connectivity index (χ0) is 16.0. The molecule has 0 saturated carbocycles. The monoisotopic (exact) mass is 297 g/mol. The molecule has 5 nitrogen and oxygen atoms in total. The number of carbonyl (C=O) groups is 2. The van der Waals surface area contributed by atoms with E-state index in [0.717, 1.165) is 0 Å². The highest BCUT2D eigenvalue weighted by Crippen LogP contribution is 2.10. The normalized spacial score (nSPS) is 13.8. The third-order valence-electron chi connectivity index (χ3n) is 2.99. The van der Waals surface area contributed by atoms with E-state index in [2.05, 4.69) is 5.32 Å². The molecule has 0 radical (unpaired) electrons. The van der Waals surface area contributed by atoms with E-state index in [9.17, 15) is 19.1 Å². The maximum absolute atomic E-state index is 13.5. The van der Waals surface area contributed by atoms with Gasteiger partial charge < -0.3 is 15.5 Å². The summed E-state index contributed by atoms with van der Waals surface area (Å²) < 4.78 is 13.5. The van der Waals surface area contributed by atoms with E-state index < -0.39 is 29.8 Å². The average Bonchev–Trinajstić information content (AvgIpc) is 2.39. The predicted molar refractivity (Wildman–Crippen MR) is 75.1 cm³/mol. The maximum Gasteiger partial charge on any atom is 0.326 e. The van der Waals surface area contributed by atoms with Gasteiger partial charge in [0.2, 0.25) is 5.91 Å². The third-order valence-corrected chi connectivity index (χ3v) is 2.99. The Morgan fingerprint density at radius 2 is 1.90 bits per heavy atom. The number of carboxylic acid groups (broad SMARTS) is 1. The molecular formula is C15H20FNO4. The summed E-state index contributed by atoms with van der Waals surface area (Å²) in [5.41, 5.74) is 0.198. The summed E-state index contributed by atoms with van der Waals surface area (Å²) in [7, 11) is 0. The first-order valence-electron chi connectivity index (χ1n) is 6.76. The van der Waals surface area contributed by atoms with Crippen LogP contribution in [-0.2, 0) is 16.0 Å². The first-order valence-corrected chi connectivity index (χ1v) is 6.76. The second kappa shape index (κ2) is 7.73. The molecule has 0 aliphatic heterocycles. The molecule has 0 aliphatic carbocycles. The Morgan fingerprint density at radius 3 is 2.43 bits per heavy atom. The number of carboxylic acids is 1. The summed E-state index contributed by atoms with van der Waals surface area (Å²) in [6, 6.07) is 4.49. The standard InChI is InChI=1S/C15H20FNO4/c1-9(2)7-13(18)14(19)17-12(15(20)21)8-10-5-3-4-6-11(10)16/h3-6,9,12-13,18H,7-8H2,1-2H3,(H,17,19)(H,20,21)/t12-,13-/m1/s1. The van der Waals surface area contributed by atoms with Crippen LogP contribution in [-0.4, -0.2) is 34.2 Å². The number of amides is 1. The van der Waals surface area contributed by atoms with E-state index in [1.165, 1.54) is 18.2 Å². The number of benzene rings is 1. The van der Waals surface area contributed by atoms with Crippen molar-refractivity contribution in [1.82, 2.24) is 5.32 Å². The number of carbonyl (C=O) groups excluding carboxylic acids is 1. The molecule has 0 fully saturated rings. The number of aliphatic hydroxyl groups excluding tert-OH is 1. The third kappa shape index (κ3) is 5.51. The van der Waals surface area contributed by atoms with E-state index in [0.29, 0.717) is 0 Å². The number of halogens is 1. The van der Waals surface area contributed by atoms with Crippen LogP contribution in [0.2, 0.25) is 0 Å². The van der Waals surface area contributed by atoms with Crippen LogP contribution in [0.15, 0.2) is 24.3 Å². The van der Waals surface area contributed by atoms with Crippen molar-refractivity contribution in [2.45, 2.75) is 38.8 Å². The van der Waals surface area contributed by atoms with Gasteiger partial charge in [-0.2, -0.15) is 0 Å². The summed E-state index contributed by atoms with van der Waals surface area (Å²) in [6.07, 6.45) is -1.22. The zero-order valence-corrected chi connectivity index (χ0v) is 12.0. The van der Waals surface area contributed by atoms with Gasteiger partial charge in [0.05, 0.1) is 0 Å². The molecule has 1 amide bonds. The van der Waals surface area contributed by atoms with Crippen molar-refractivity contribution in [3.8, 4) is 0 Å². The maximum atomic E-state index is 13.5. The molecule has 116 valence electrons. The van der Waals surface area contributed by atoms with Crippen molar-refractivity contribution in [2.24, 2.45) is 5.92 Å². The highest BCUT2D eigenvalue weighted by Gasteiger charge is 2.25. The minimum absolute atomic E-state index is 0.0978. The van der Waals surface area contributed by atoms with E-state index >= 15 is 0 Å². The minimum atomic E-state index is -1.28. The first kappa shape index (κ1) is 17.1. The Balaban J connectivity index is 2.73. The SMILES string of the molecule is CC(C)C[C@@H](O)C(=O)N[C@H](Cc1ccccc1F)C(=O)O. The highest BCUT2D eigenvalue weighted by molar-refractivity contribution is 5.86. The van der Waals surface area contributed by atoms with Crippen LogP contribution in [0.4, 0.5) is 4.39 Å². The number of hydrogen-bond donors (Lipinski definition) is 3. The lowest BCUT2D eigenvalue weighted by Crippen LogP contribution is -2.47. The van der Waals surface area contributed by atoms with Crippen molar-refractivity contribution in [1.29, 1.82) is 0 Å². The second-order valence-electron chi connectivity index (χ2n) is 5.34. The van der Waals surface area contributed by atoms with Gasteiger partial charge in [0.25, 0.3) is 0 Å². The topological polar surface area (TPSA) is 86.6 Å². The molecule has 6 heteroatoms. The fourth-order valence-corrected chi connectivity index (χ4v) is 1.91. The van der Waals surface area contributed by atoms with Crippen LogP contribution >= 0.6 is 0 Å². The van der Waals surface area contributed by atoms with Gasteiger partial charge in [-0.1, -0.05) is 32.0 Å². The fourth-order valence-electron chi connectivity index (χ4n) is 1.91. The van der Waals surface area contributed by atoms with E-state index in [1.54, 1.807) is 6.07 Å². The van der Waals surface area contributed by atoms with Crippen molar-refractivity contribution >= 4 is 11.9 Å². The lowest BCUT2D eigenvalue weighted by Gasteiger charge is -2.18. The largest absolute Gasteiger partial charge is 0.480 e. The van der Waals surface area contributed by atoms with Gasteiger partial charge in [0.1, 0.15) is 18.0 Å². The molecule has 0 aromatic heterocycles. The Labute approximate surface area is 122 Å². The number of hydrogen-bond acceptors (Lipinski definition) is 3. The van der Waals surface area contributed by atoms with Gasteiger partial charge in [-0.05, 0) is 24.0 Å². The summed E-state index contributed by atoms with van der Waals surface area (Å²) in [6.45, 7) is 3.68. The molecular weight excluding hydrogens is 277 g/mol. The van der Waals surface area contributed by atoms with Crippen molar-refractivity contribution in [2.75, 3.05) is 0 Å². The molecule has 1 aromatic rings. The van der Waals surface area contributed by atoms with E-state index in [4.69, 9.17) is 5.11 Å². The molecule has 3 N–H and O–H groups in total. The van der Waals surface area contributed by atoms with Crippen molar-refractivity contribution < 1.29 is 24.2 Å². The van der Waals surface area contributed by atoms with Gasteiger partial charge >= 0.3 is 5.97 Å². The molecule has 0 heterocycles. The lowest BCUT2D eigenvalue weighted by atomic mass is 10.0. The molecule has 21 heavy (non-hydrogen) atoms. The van der Waals surface area contributed by atoms with Gasteiger partial charge in [-0.25, -0.2) is 9.18 Å². The second-order valence-corrected chi connectivity index (χ2v) is 5.34. The van der Waals surface area contributed by atoms with Gasteiger partial charge in [0.15, 0.2) is 0 Å². The molecule has 0 unspecified atom stereocenters. The van der Waals surface area contributed by atoms with Crippen molar-refractivity contribution in [3.05, 3.63) is 35.6 Å². The average molecular weight is 297 g/mol. The molecule has 2 atom stereocenters. The Hall–Kier alpha value is -1.95. The van der Waals surface area contributed by atoms with E-state index in [-0.39, 0.29) is 24.3 Å². The zero-order valence-electron chi connectivity index (χ0n) is 12.0. The van der Waals surface area contributed by atoms with Crippen LogP contribution in [0.25, 0.3) is 0 Å². The minimum Gasteiger partial charge on any atom is -0.480 e. The Bertz CT molecular complexity index is 504. The van der Waals surface area contributed by atoms with Crippen LogP contribution in [0, 0.1) is 11.7 Å². The highest BCUT2D eigenvalue weighted by atomic mass is 19.1. The Morgan fingerprint density at radius 1 is 1.29 bits per heavy atom. The quantitative estimate of drug-likeness (QED) is 0.709. The summed E-state index contributed by atoms with van der Waals surface area (Å²) in [4.78, 5) is 22.9. The van der Waals surface area contributed by atoms with Gasteiger partial charge in [-0.3, -0.25) is 4.79 Å². The van der Waals surface area contributed by atoms with Crippen LogP contribution in [0.3, 0.4) is 0 Å². The van der Waals surface area contributed by atoms with Crippen LogP contribution < -0.4 is 5.32 Å². The smallest absolute Gasteiger partial charge is 0.326 e. The van der Waals surface area contributed by atoms with Crippen LogP contribution in [0.1, 0.15) is 25.8 Å². The van der Waals surface area contributed by atoms with E-state index in [1.807, 2.05) is 13.8 Å². The molecule has 1 rings (SSSR count). The van der Waals surface area contributed by atoms with Gasteiger partial charge in [-0.15, -0.1) is 0 Å².